The number of thioether (sulfide) groups is 1. The third-order valence-electron chi connectivity index (χ3n) is 2.77. The highest BCUT2D eigenvalue weighted by atomic mass is 79.9. The Hall–Kier alpha value is -1.41. The van der Waals surface area contributed by atoms with E-state index in [4.69, 9.17) is 0 Å². The minimum absolute atomic E-state index is 0.0360. The van der Waals surface area contributed by atoms with Crippen molar-refractivity contribution in [3.05, 3.63) is 34.6 Å². The van der Waals surface area contributed by atoms with E-state index in [2.05, 4.69) is 48.8 Å². The minimum Gasteiger partial charge on any atom is -0.345 e. The molecule has 6 nitrogen and oxygen atoms in total. The fourth-order valence-electron chi connectivity index (χ4n) is 1.79. The molecule has 0 radical (unpaired) electrons. The second-order valence-electron chi connectivity index (χ2n) is 4.42. The first-order valence-electron chi connectivity index (χ1n) is 6.60. The molecule has 0 aliphatic rings. The van der Waals surface area contributed by atoms with Crippen LogP contribution in [0.4, 0.5) is 0 Å². The van der Waals surface area contributed by atoms with Gasteiger partial charge in [0, 0.05) is 9.37 Å². The van der Waals surface area contributed by atoms with Gasteiger partial charge in [0.05, 0.1) is 11.8 Å². The summed E-state index contributed by atoms with van der Waals surface area (Å²) in [6.07, 6.45) is 1.72. The van der Waals surface area contributed by atoms with Gasteiger partial charge in [-0.3, -0.25) is 4.79 Å². The second kappa shape index (κ2) is 8.14. The van der Waals surface area contributed by atoms with Crippen LogP contribution >= 0.6 is 27.7 Å². The van der Waals surface area contributed by atoms with Crippen LogP contribution in [0.15, 0.2) is 33.6 Å². The Labute approximate surface area is 135 Å². The standard InChI is InChI=1S/C13H16BrN5OS/c1-2-3-11(13-16-18-19-17-13)15-12(20)8-21-10-6-4-9(14)5-7-10/h4-7,11H,2-3,8H2,1H3,(H,15,20)(H,16,17,18,19)/t11-/m0/s1. The summed E-state index contributed by atoms with van der Waals surface area (Å²) in [5, 5.41) is 16.8. The fraction of sp³-hybridized carbons (Fsp3) is 0.385. The average molecular weight is 370 g/mol. The molecule has 1 aromatic heterocycles. The van der Waals surface area contributed by atoms with Gasteiger partial charge in [-0.1, -0.05) is 34.5 Å². The highest BCUT2D eigenvalue weighted by molar-refractivity contribution is 9.10. The first kappa shape index (κ1) is 16.0. The smallest absolute Gasteiger partial charge is 0.230 e. The van der Waals surface area contributed by atoms with Crippen molar-refractivity contribution in [3.8, 4) is 0 Å². The fourth-order valence-corrected chi connectivity index (χ4v) is 2.76. The van der Waals surface area contributed by atoms with E-state index in [1.165, 1.54) is 11.8 Å². The highest BCUT2D eigenvalue weighted by Crippen LogP contribution is 2.21. The van der Waals surface area contributed by atoms with Gasteiger partial charge in [-0.05, 0) is 30.7 Å². The van der Waals surface area contributed by atoms with Crippen molar-refractivity contribution in [3.63, 3.8) is 0 Å². The quantitative estimate of drug-likeness (QED) is 0.733. The topological polar surface area (TPSA) is 83.6 Å². The molecule has 21 heavy (non-hydrogen) atoms. The third-order valence-corrected chi connectivity index (χ3v) is 4.31. The molecule has 1 heterocycles. The Morgan fingerprint density at radius 2 is 2.19 bits per heavy atom. The maximum absolute atomic E-state index is 12.0. The molecule has 0 fully saturated rings. The zero-order valence-corrected chi connectivity index (χ0v) is 13.9. The summed E-state index contributed by atoms with van der Waals surface area (Å²) in [7, 11) is 0. The number of H-pyrrole nitrogens is 1. The van der Waals surface area contributed by atoms with Gasteiger partial charge in [0.15, 0.2) is 5.82 Å². The predicted octanol–water partition coefficient (Wildman–Crippen LogP) is 2.71. The number of nitrogens with zero attached hydrogens (tertiary/aromatic N) is 3. The molecule has 2 aromatic rings. The molecule has 1 amide bonds. The van der Waals surface area contributed by atoms with Crippen LogP contribution in [0.25, 0.3) is 0 Å². The van der Waals surface area contributed by atoms with Gasteiger partial charge >= 0.3 is 0 Å². The number of carbonyl (C=O) groups is 1. The van der Waals surface area contributed by atoms with Gasteiger partial charge in [-0.25, -0.2) is 0 Å². The van der Waals surface area contributed by atoms with Crippen molar-refractivity contribution in [1.29, 1.82) is 0 Å². The lowest BCUT2D eigenvalue weighted by molar-refractivity contribution is -0.119. The van der Waals surface area contributed by atoms with Crippen LogP contribution in [0.3, 0.4) is 0 Å². The number of carbonyl (C=O) groups excluding carboxylic acids is 1. The monoisotopic (exact) mass is 369 g/mol. The molecule has 2 N–H and O–H groups in total. The Bertz CT molecular complexity index is 560. The van der Waals surface area contributed by atoms with Crippen LogP contribution in [0.1, 0.15) is 31.6 Å². The molecular formula is C13H16BrN5OS. The first-order valence-corrected chi connectivity index (χ1v) is 8.38. The first-order chi connectivity index (χ1) is 10.2. The van der Waals surface area contributed by atoms with E-state index in [0.29, 0.717) is 11.6 Å². The number of rotatable bonds is 7. The molecule has 1 aromatic carbocycles. The van der Waals surface area contributed by atoms with Gasteiger partial charge < -0.3 is 5.32 Å². The molecule has 1 atom stereocenters. The number of aromatic amines is 1. The molecule has 0 unspecified atom stereocenters. The van der Waals surface area contributed by atoms with Crippen LogP contribution in [-0.4, -0.2) is 32.3 Å². The highest BCUT2D eigenvalue weighted by Gasteiger charge is 2.17. The largest absolute Gasteiger partial charge is 0.345 e. The molecule has 8 heteroatoms. The van der Waals surface area contributed by atoms with Crippen molar-refractivity contribution >= 4 is 33.6 Å². The number of amides is 1. The zero-order chi connectivity index (χ0) is 15.1. The summed E-state index contributed by atoms with van der Waals surface area (Å²) in [5.74, 6) is 0.852. The lowest BCUT2D eigenvalue weighted by atomic mass is 10.1. The Kier molecular flexibility index (Phi) is 6.19. The maximum Gasteiger partial charge on any atom is 0.230 e. The van der Waals surface area contributed by atoms with E-state index in [1.54, 1.807) is 0 Å². The van der Waals surface area contributed by atoms with E-state index < -0.39 is 0 Å². The normalized spacial score (nSPS) is 12.1. The zero-order valence-electron chi connectivity index (χ0n) is 11.5. The van der Waals surface area contributed by atoms with Crippen LogP contribution in [0.2, 0.25) is 0 Å². The number of hydrogen-bond donors (Lipinski definition) is 2. The van der Waals surface area contributed by atoms with Crippen LogP contribution in [0.5, 0.6) is 0 Å². The molecule has 0 bridgehead atoms. The summed E-state index contributed by atoms with van der Waals surface area (Å²) < 4.78 is 1.02. The van der Waals surface area contributed by atoms with Gasteiger partial charge in [0.1, 0.15) is 0 Å². The lowest BCUT2D eigenvalue weighted by Crippen LogP contribution is -2.30. The van der Waals surface area contributed by atoms with E-state index >= 15 is 0 Å². The molecule has 0 saturated heterocycles. The van der Waals surface area contributed by atoms with Crippen LogP contribution < -0.4 is 5.32 Å². The van der Waals surface area contributed by atoms with Crippen molar-refractivity contribution in [2.75, 3.05) is 5.75 Å². The molecular weight excluding hydrogens is 354 g/mol. The van der Waals surface area contributed by atoms with Gasteiger partial charge in [-0.15, -0.1) is 22.0 Å². The van der Waals surface area contributed by atoms with Gasteiger partial charge in [-0.2, -0.15) is 5.21 Å². The summed E-state index contributed by atoms with van der Waals surface area (Å²) in [4.78, 5) is 13.1. The molecule has 112 valence electrons. The maximum atomic E-state index is 12.0. The Morgan fingerprint density at radius 1 is 1.43 bits per heavy atom. The van der Waals surface area contributed by atoms with Gasteiger partial charge in [0.2, 0.25) is 5.91 Å². The van der Waals surface area contributed by atoms with E-state index in [0.717, 1.165) is 22.2 Å². The molecule has 0 saturated carbocycles. The SMILES string of the molecule is CCC[C@H](NC(=O)CSc1ccc(Br)cc1)c1nn[nH]n1. The number of aromatic nitrogens is 4. The van der Waals surface area contributed by atoms with Crippen molar-refractivity contribution < 1.29 is 4.79 Å². The Balaban J connectivity index is 1.86. The van der Waals surface area contributed by atoms with Crippen molar-refractivity contribution in [1.82, 2.24) is 25.9 Å². The minimum atomic E-state index is -0.188. The van der Waals surface area contributed by atoms with E-state index in [-0.39, 0.29) is 11.9 Å². The Morgan fingerprint density at radius 3 is 2.81 bits per heavy atom. The summed E-state index contributed by atoms with van der Waals surface area (Å²) in [5.41, 5.74) is 0. The number of benzene rings is 1. The van der Waals surface area contributed by atoms with Crippen LogP contribution in [0, 0.1) is 0 Å². The molecule has 2 rings (SSSR count). The molecule has 0 aliphatic carbocycles. The number of halogens is 1. The number of tetrazole rings is 1. The van der Waals surface area contributed by atoms with E-state index in [1.807, 2.05) is 24.3 Å². The molecule has 0 spiro atoms. The summed E-state index contributed by atoms with van der Waals surface area (Å²) >= 11 is 4.88. The molecule has 0 aliphatic heterocycles. The summed E-state index contributed by atoms with van der Waals surface area (Å²) in [6.45, 7) is 2.05. The average Bonchev–Trinajstić information content (AvgIpc) is 3.00. The van der Waals surface area contributed by atoms with Crippen molar-refractivity contribution in [2.45, 2.75) is 30.7 Å². The third kappa shape index (κ3) is 5.13. The second-order valence-corrected chi connectivity index (χ2v) is 6.39. The van der Waals surface area contributed by atoms with Gasteiger partial charge in [0.25, 0.3) is 0 Å². The van der Waals surface area contributed by atoms with Crippen molar-refractivity contribution in [2.24, 2.45) is 0 Å². The van der Waals surface area contributed by atoms with E-state index in [9.17, 15) is 4.79 Å². The lowest BCUT2D eigenvalue weighted by Gasteiger charge is -2.14. The van der Waals surface area contributed by atoms with Crippen LogP contribution in [-0.2, 0) is 4.79 Å². The predicted molar refractivity (Wildman–Crippen MR) is 84.8 cm³/mol. The number of nitrogens with one attached hydrogen (secondary N) is 2. The summed E-state index contributed by atoms with van der Waals surface area (Å²) in [6, 6.07) is 7.68. The number of hydrogen-bond acceptors (Lipinski definition) is 5.